The van der Waals surface area contributed by atoms with Crippen molar-refractivity contribution in [2.75, 3.05) is 5.33 Å². The third kappa shape index (κ3) is 2.27. The molecule has 0 amide bonds. The van der Waals surface area contributed by atoms with Crippen molar-refractivity contribution in [2.45, 2.75) is 13.0 Å². The fourth-order valence-electron chi connectivity index (χ4n) is 3.34. The SMILES string of the molecule is O=c1c2ccccc2ccc2c3ccccc3n(CCCBr)c12. The highest BCUT2D eigenvalue weighted by Gasteiger charge is 2.13. The molecule has 0 aliphatic rings. The molecule has 1 aromatic heterocycles. The average molecular weight is 366 g/mol. The maximum atomic E-state index is 13.2. The van der Waals surface area contributed by atoms with Crippen LogP contribution in [0.5, 0.6) is 0 Å². The zero-order valence-electron chi connectivity index (χ0n) is 12.6. The Morgan fingerprint density at radius 3 is 2.39 bits per heavy atom. The summed E-state index contributed by atoms with van der Waals surface area (Å²) >= 11 is 3.50. The molecule has 2 nitrogen and oxygen atoms in total. The number of aromatic nitrogens is 1. The van der Waals surface area contributed by atoms with E-state index in [-0.39, 0.29) is 5.43 Å². The number of nitrogens with zero attached hydrogens (tertiary/aromatic N) is 1. The van der Waals surface area contributed by atoms with Crippen LogP contribution in [0.15, 0.2) is 65.5 Å². The van der Waals surface area contributed by atoms with Gasteiger partial charge in [0.25, 0.3) is 0 Å². The van der Waals surface area contributed by atoms with Gasteiger partial charge in [0.2, 0.25) is 5.43 Å². The summed E-state index contributed by atoms with van der Waals surface area (Å²) in [6.45, 7) is 0.836. The maximum Gasteiger partial charge on any atom is 0.210 e. The Balaban J connectivity index is 2.24. The van der Waals surface area contributed by atoms with Gasteiger partial charge in [-0.05, 0) is 17.9 Å². The van der Waals surface area contributed by atoms with Crippen molar-refractivity contribution in [3.8, 4) is 0 Å². The lowest BCUT2D eigenvalue weighted by Crippen LogP contribution is -2.07. The van der Waals surface area contributed by atoms with E-state index >= 15 is 0 Å². The highest BCUT2D eigenvalue weighted by atomic mass is 79.9. The van der Waals surface area contributed by atoms with Crippen molar-refractivity contribution in [3.63, 3.8) is 0 Å². The summed E-state index contributed by atoms with van der Waals surface area (Å²) in [6, 6.07) is 20.3. The molecule has 0 saturated carbocycles. The van der Waals surface area contributed by atoms with Crippen LogP contribution in [0.2, 0.25) is 0 Å². The van der Waals surface area contributed by atoms with Crippen LogP contribution in [0, 0.1) is 0 Å². The number of rotatable bonds is 3. The van der Waals surface area contributed by atoms with Crippen LogP contribution >= 0.6 is 15.9 Å². The maximum absolute atomic E-state index is 13.2. The Hall–Kier alpha value is -2.13. The third-order valence-electron chi connectivity index (χ3n) is 4.38. The van der Waals surface area contributed by atoms with E-state index in [2.05, 4.69) is 44.8 Å². The normalized spacial score (nSPS) is 11.5. The molecular formula is C20H16BrNO. The van der Waals surface area contributed by atoms with E-state index in [1.807, 2.05) is 36.4 Å². The van der Waals surface area contributed by atoms with Crippen molar-refractivity contribution >= 4 is 48.5 Å². The summed E-state index contributed by atoms with van der Waals surface area (Å²) in [6.07, 6.45) is 0.990. The Labute approximate surface area is 142 Å². The Bertz CT molecular complexity index is 1080. The van der Waals surface area contributed by atoms with Gasteiger partial charge in [0.05, 0.1) is 5.52 Å². The van der Waals surface area contributed by atoms with Gasteiger partial charge in [-0.25, -0.2) is 0 Å². The number of halogens is 1. The molecule has 4 aromatic rings. The summed E-state index contributed by atoms with van der Waals surface area (Å²) in [4.78, 5) is 13.2. The van der Waals surface area contributed by atoms with Gasteiger partial charge >= 0.3 is 0 Å². The van der Waals surface area contributed by atoms with Gasteiger partial charge < -0.3 is 4.57 Å². The predicted molar refractivity (Wildman–Crippen MR) is 102 cm³/mol. The first-order chi connectivity index (χ1) is 11.3. The lowest BCUT2D eigenvalue weighted by atomic mass is 10.2. The lowest BCUT2D eigenvalue weighted by Gasteiger charge is -2.04. The highest BCUT2D eigenvalue weighted by Crippen LogP contribution is 2.28. The second-order valence-corrected chi connectivity index (χ2v) is 6.52. The minimum Gasteiger partial charge on any atom is -0.337 e. The monoisotopic (exact) mass is 365 g/mol. The fraction of sp³-hybridized carbons (Fsp3) is 0.150. The quantitative estimate of drug-likeness (QED) is 0.463. The van der Waals surface area contributed by atoms with Crippen LogP contribution in [-0.2, 0) is 6.54 Å². The zero-order chi connectivity index (χ0) is 15.8. The average Bonchev–Trinajstić information content (AvgIpc) is 2.83. The second-order valence-electron chi connectivity index (χ2n) is 5.72. The highest BCUT2D eigenvalue weighted by molar-refractivity contribution is 9.09. The number of benzene rings is 2. The van der Waals surface area contributed by atoms with E-state index < -0.39 is 0 Å². The molecule has 1 heterocycles. The first-order valence-corrected chi connectivity index (χ1v) is 8.92. The van der Waals surface area contributed by atoms with Crippen molar-refractivity contribution in [3.05, 3.63) is 70.9 Å². The molecule has 0 N–H and O–H groups in total. The van der Waals surface area contributed by atoms with Gasteiger partial charge in [-0.15, -0.1) is 0 Å². The molecule has 3 heteroatoms. The standard InChI is InChI=1S/C20H16BrNO/c21-12-5-13-22-18-9-4-3-8-16(18)17-11-10-14-6-1-2-7-15(14)20(23)19(17)22/h1-4,6-11H,5,12-13H2. The van der Waals surface area contributed by atoms with Crippen LogP contribution in [0.4, 0.5) is 0 Å². The molecule has 23 heavy (non-hydrogen) atoms. The van der Waals surface area contributed by atoms with E-state index in [1.54, 1.807) is 0 Å². The van der Waals surface area contributed by atoms with Crippen LogP contribution in [-0.4, -0.2) is 9.90 Å². The largest absolute Gasteiger partial charge is 0.337 e. The summed E-state index contributed by atoms with van der Waals surface area (Å²) < 4.78 is 2.18. The fourth-order valence-corrected chi connectivity index (χ4v) is 3.59. The predicted octanol–water partition coefficient (Wildman–Crippen LogP) is 5.09. The van der Waals surface area contributed by atoms with Gasteiger partial charge in [-0.3, -0.25) is 4.79 Å². The molecule has 0 fully saturated rings. The minimum absolute atomic E-state index is 0.117. The summed E-state index contributed by atoms with van der Waals surface area (Å²) in [7, 11) is 0. The second kappa shape index (κ2) is 5.82. The smallest absolute Gasteiger partial charge is 0.210 e. The molecule has 0 aliphatic heterocycles. The lowest BCUT2D eigenvalue weighted by molar-refractivity contribution is 0.731. The van der Waals surface area contributed by atoms with E-state index in [4.69, 9.17) is 0 Å². The summed E-state index contributed by atoms with van der Waals surface area (Å²) in [5, 5.41) is 4.88. The first kappa shape index (κ1) is 14.5. The van der Waals surface area contributed by atoms with Gasteiger partial charge in [-0.2, -0.15) is 0 Å². The molecule has 0 bridgehead atoms. The Morgan fingerprint density at radius 1 is 0.826 bits per heavy atom. The van der Waals surface area contributed by atoms with Gasteiger partial charge in [0.15, 0.2) is 0 Å². The number of hydrogen-bond donors (Lipinski definition) is 0. The molecule has 4 rings (SSSR count). The number of fused-ring (bicyclic) bond motifs is 4. The van der Waals surface area contributed by atoms with Crippen molar-refractivity contribution < 1.29 is 0 Å². The summed E-state index contributed by atoms with van der Waals surface area (Å²) in [5.41, 5.74) is 2.07. The van der Waals surface area contributed by atoms with Crippen LogP contribution in [0.3, 0.4) is 0 Å². The van der Waals surface area contributed by atoms with E-state index in [0.717, 1.165) is 50.9 Å². The number of alkyl halides is 1. The molecule has 0 radical (unpaired) electrons. The topological polar surface area (TPSA) is 22.0 Å². The zero-order valence-corrected chi connectivity index (χ0v) is 14.2. The van der Waals surface area contributed by atoms with Gasteiger partial charge in [0, 0.05) is 33.6 Å². The molecule has 3 aromatic carbocycles. The molecule has 0 atom stereocenters. The number of aryl methyl sites for hydroxylation is 1. The van der Waals surface area contributed by atoms with E-state index in [9.17, 15) is 4.79 Å². The Kier molecular flexibility index (Phi) is 3.66. The molecule has 0 spiro atoms. The van der Waals surface area contributed by atoms with Crippen molar-refractivity contribution in [1.29, 1.82) is 0 Å². The molecule has 0 aliphatic carbocycles. The summed E-state index contributed by atoms with van der Waals surface area (Å²) in [5.74, 6) is 0. The number of hydrogen-bond acceptors (Lipinski definition) is 1. The van der Waals surface area contributed by atoms with Gasteiger partial charge in [0.1, 0.15) is 0 Å². The number of para-hydroxylation sites is 1. The molecule has 0 unspecified atom stereocenters. The van der Waals surface area contributed by atoms with Crippen LogP contribution in [0.25, 0.3) is 32.6 Å². The molecular weight excluding hydrogens is 350 g/mol. The molecule has 0 saturated heterocycles. The van der Waals surface area contributed by atoms with E-state index in [0.29, 0.717) is 0 Å². The van der Waals surface area contributed by atoms with Gasteiger partial charge in [-0.1, -0.05) is 70.5 Å². The van der Waals surface area contributed by atoms with Crippen LogP contribution in [0.1, 0.15) is 6.42 Å². The van der Waals surface area contributed by atoms with Crippen LogP contribution < -0.4 is 5.43 Å². The molecule has 114 valence electrons. The minimum atomic E-state index is 0.117. The Morgan fingerprint density at radius 2 is 1.57 bits per heavy atom. The third-order valence-corrected chi connectivity index (χ3v) is 4.94. The van der Waals surface area contributed by atoms with Crippen molar-refractivity contribution in [1.82, 2.24) is 4.57 Å². The van der Waals surface area contributed by atoms with Crippen molar-refractivity contribution in [2.24, 2.45) is 0 Å². The van der Waals surface area contributed by atoms with E-state index in [1.165, 1.54) is 0 Å². The first-order valence-electron chi connectivity index (χ1n) is 7.80.